The van der Waals surface area contributed by atoms with E-state index in [2.05, 4.69) is 58.0 Å². The molecule has 3 rings (SSSR count). The maximum Gasteiger partial charge on any atom is 0.461 e. The molecule has 0 aromatic heterocycles. The standard InChI is InChI=1S/C18H27BO2/c1-17(2)18(3,4)21-19(20-17)16-12-10-15(11-13-16)14-8-6-5-7-9-14/h5-9,15-16H,10-13H2,1-4H3. The Bertz CT molecular complexity index is 459. The summed E-state index contributed by atoms with van der Waals surface area (Å²) in [5.74, 6) is 1.26. The van der Waals surface area contributed by atoms with Crippen LogP contribution in [-0.4, -0.2) is 18.3 Å². The molecule has 1 aromatic carbocycles. The fourth-order valence-corrected chi connectivity index (χ4v) is 3.53. The molecule has 21 heavy (non-hydrogen) atoms. The van der Waals surface area contributed by atoms with Crippen LogP contribution in [0.25, 0.3) is 0 Å². The summed E-state index contributed by atoms with van der Waals surface area (Å²) in [4.78, 5) is 0. The maximum absolute atomic E-state index is 6.22. The zero-order valence-corrected chi connectivity index (χ0v) is 13.8. The monoisotopic (exact) mass is 286 g/mol. The summed E-state index contributed by atoms with van der Waals surface area (Å²) in [6.07, 6.45) is 4.91. The van der Waals surface area contributed by atoms with Crippen LogP contribution < -0.4 is 0 Å². The molecule has 0 atom stereocenters. The fraction of sp³-hybridized carbons (Fsp3) is 0.667. The van der Waals surface area contributed by atoms with E-state index in [0.29, 0.717) is 11.7 Å². The Balaban J connectivity index is 1.60. The van der Waals surface area contributed by atoms with E-state index in [9.17, 15) is 0 Å². The maximum atomic E-state index is 6.22. The average Bonchev–Trinajstić information content (AvgIpc) is 2.69. The summed E-state index contributed by atoms with van der Waals surface area (Å²) in [6, 6.07) is 10.9. The molecule has 0 spiro atoms. The third kappa shape index (κ3) is 2.91. The van der Waals surface area contributed by atoms with E-state index in [0.717, 1.165) is 0 Å². The number of hydrogen-bond donors (Lipinski definition) is 0. The van der Waals surface area contributed by atoms with Crippen molar-refractivity contribution < 1.29 is 9.31 Å². The van der Waals surface area contributed by atoms with Crippen LogP contribution in [0.1, 0.15) is 64.9 Å². The molecule has 0 N–H and O–H groups in total. The van der Waals surface area contributed by atoms with Gasteiger partial charge in [-0.25, -0.2) is 0 Å². The van der Waals surface area contributed by atoms with Gasteiger partial charge in [-0.3, -0.25) is 0 Å². The highest BCUT2D eigenvalue weighted by molar-refractivity contribution is 6.47. The Morgan fingerprint density at radius 2 is 1.38 bits per heavy atom. The molecule has 0 radical (unpaired) electrons. The molecule has 1 saturated carbocycles. The molecular formula is C18H27BO2. The van der Waals surface area contributed by atoms with Gasteiger partial charge in [0.2, 0.25) is 0 Å². The van der Waals surface area contributed by atoms with E-state index >= 15 is 0 Å². The molecule has 1 aliphatic heterocycles. The molecule has 2 nitrogen and oxygen atoms in total. The lowest BCUT2D eigenvalue weighted by molar-refractivity contribution is 0.00578. The normalized spacial score (nSPS) is 31.3. The smallest absolute Gasteiger partial charge is 0.403 e. The first-order chi connectivity index (χ1) is 9.89. The van der Waals surface area contributed by atoms with Crippen LogP contribution in [0.4, 0.5) is 0 Å². The van der Waals surface area contributed by atoms with Crippen molar-refractivity contribution in [2.24, 2.45) is 0 Å². The van der Waals surface area contributed by atoms with Crippen LogP contribution in [0.2, 0.25) is 5.82 Å². The fourth-order valence-electron chi connectivity index (χ4n) is 3.53. The summed E-state index contributed by atoms with van der Waals surface area (Å²) >= 11 is 0. The zero-order chi connectivity index (χ0) is 15.1. The SMILES string of the molecule is CC1(C)OB(C2CCC(c3ccccc3)CC2)OC1(C)C. The van der Waals surface area contributed by atoms with E-state index in [1.54, 1.807) is 0 Å². The summed E-state index contributed by atoms with van der Waals surface area (Å²) in [6.45, 7) is 8.57. The van der Waals surface area contributed by atoms with Gasteiger partial charge in [-0.05, 0) is 57.8 Å². The lowest BCUT2D eigenvalue weighted by atomic mass is 9.62. The molecule has 1 aliphatic carbocycles. The Labute approximate surface area is 129 Å². The van der Waals surface area contributed by atoms with Crippen molar-refractivity contribution in [3.63, 3.8) is 0 Å². The van der Waals surface area contributed by atoms with Gasteiger partial charge in [0.1, 0.15) is 0 Å². The summed E-state index contributed by atoms with van der Waals surface area (Å²) in [5.41, 5.74) is 1.09. The van der Waals surface area contributed by atoms with E-state index < -0.39 is 0 Å². The molecule has 0 unspecified atom stereocenters. The Kier molecular flexibility index (Phi) is 3.92. The first-order valence-electron chi connectivity index (χ1n) is 8.30. The van der Waals surface area contributed by atoms with Crippen molar-refractivity contribution >= 4 is 7.12 Å². The van der Waals surface area contributed by atoms with Gasteiger partial charge < -0.3 is 9.31 Å². The van der Waals surface area contributed by atoms with Crippen LogP contribution in [0.5, 0.6) is 0 Å². The number of rotatable bonds is 2. The second kappa shape index (κ2) is 5.44. The minimum absolute atomic E-state index is 0.0216. The van der Waals surface area contributed by atoms with Crippen molar-refractivity contribution in [1.82, 2.24) is 0 Å². The zero-order valence-electron chi connectivity index (χ0n) is 13.8. The average molecular weight is 286 g/mol. The second-order valence-electron chi connectivity index (χ2n) is 7.65. The molecular weight excluding hydrogens is 259 g/mol. The quantitative estimate of drug-likeness (QED) is 0.726. The van der Waals surface area contributed by atoms with Gasteiger partial charge in [0.25, 0.3) is 0 Å². The Hall–Kier alpha value is -0.795. The molecule has 0 bridgehead atoms. The van der Waals surface area contributed by atoms with E-state index in [-0.39, 0.29) is 18.3 Å². The molecule has 3 heteroatoms. The predicted octanol–water partition coefficient (Wildman–Crippen LogP) is 4.81. The van der Waals surface area contributed by atoms with Crippen molar-refractivity contribution in [3.05, 3.63) is 35.9 Å². The summed E-state index contributed by atoms with van der Waals surface area (Å²) in [7, 11) is -0.0216. The van der Waals surface area contributed by atoms with Gasteiger partial charge in [0.05, 0.1) is 11.2 Å². The highest BCUT2D eigenvalue weighted by Gasteiger charge is 2.53. The van der Waals surface area contributed by atoms with Crippen molar-refractivity contribution in [3.8, 4) is 0 Å². The summed E-state index contributed by atoms with van der Waals surface area (Å²) < 4.78 is 12.4. The van der Waals surface area contributed by atoms with Gasteiger partial charge in [0, 0.05) is 0 Å². The van der Waals surface area contributed by atoms with Gasteiger partial charge in [-0.2, -0.15) is 0 Å². The molecule has 1 aromatic rings. The van der Waals surface area contributed by atoms with Crippen molar-refractivity contribution in [2.45, 2.75) is 76.3 Å². The van der Waals surface area contributed by atoms with Crippen LogP contribution in [0.3, 0.4) is 0 Å². The van der Waals surface area contributed by atoms with Gasteiger partial charge >= 0.3 is 7.12 Å². The van der Waals surface area contributed by atoms with E-state index in [1.807, 2.05) is 0 Å². The van der Waals surface area contributed by atoms with Crippen molar-refractivity contribution in [1.29, 1.82) is 0 Å². The van der Waals surface area contributed by atoms with Gasteiger partial charge in [0.15, 0.2) is 0 Å². The van der Waals surface area contributed by atoms with Crippen molar-refractivity contribution in [2.75, 3.05) is 0 Å². The highest BCUT2D eigenvalue weighted by atomic mass is 16.7. The predicted molar refractivity (Wildman–Crippen MR) is 87.5 cm³/mol. The van der Waals surface area contributed by atoms with Crippen LogP contribution in [0, 0.1) is 0 Å². The summed E-state index contributed by atoms with van der Waals surface area (Å²) in [5, 5.41) is 0. The number of hydrogen-bond acceptors (Lipinski definition) is 2. The van der Waals surface area contributed by atoms with Gasteiger partial charge in [-0.1, -0.05) is 43.2 Å². The Morgan fingerprint density at radius 1 is 0.857 bits per heavy atom. The molecule has 2 aliphatic rings. The third-order valence-electron chi connectivity index (χ3n) is 5.70. The Morgan fingerprint density at radius 3 is 1.90 bits per heavy atom. The lowest BCUT2D eigenvalue weighted by Crippen LogP contribution is -2.41. The van der Waals surface area contributed by atoms with E-state index in [4.69, 9.17) is 9.31 Å². The van der Waals surface area contributed by atoms with Crippen LogP contribution >= 0.6 is 0 Å². The minimum Gasteiger partial charge on any atom is -0.403 e. The molecule has 0 amide bonds. The number of benzene rings is 1. The van der Waals surface area contributed by atoms with Gasteiger partial charge in [-0.15, -0.1) is 0 Å². The second-order valence-corrected chi connectivity index (χ2v) is 7.65. The molecule has 2 fully saturated rings. The topological polar surface area (TPSA) is 18.5 Å². The lowest BCUT2D eigenvalue weighted by Gasteiger charge is -2.32. The molecule has 114 valence electrons. The largest absolute Gasteiger partial charge is 0.461 e. The highest BCUT2D eigenvalue weighted by Crippen LogP contribution is 2.46. The first kappa shape index (κ1) is 15.1. The third-order valence-corrected chi connectivity index (χ3v) is 5.70. The first-order valence-corrected chi connectivity index (χ1v) is 8.30. The molecule has 1 saturated heterocycles. The van der Waals surface area contributed by atoms with Crippen LogP contribution in [-0.2, 0) is 9.31 Å². The van der Waals surface area contributed by atoms with Crippen LogP contribution in [0.15, 0.2) is 30.3 Å². The van der Waals surface area contributed by atoms with E-state index in [1.165, 1.54) is 31.2 Å². The minimum atomic E-state index is -0.200. The molecule has 1 heterocycles.